The van der Waals surface area contributed by atoms with Crippen molar-refractivity contribution in [3.63, 3.8) is 0 Å². The van der Waals surface area contributed by atoms with Crippen molar-refractivity contribution in [2.24, 2.45) is 5.41 Å². The number of Topliss-reactive ketones (excluding diaryl/α,β-unsaturated/α-hetero) is 1. The molecule has 4 nitrogen and oxygen atoms in total. The smallest absolute Gasteiger partial charge is 0.337 e. The van der Waals surface area contributed by atoms with Crippen molar-refractivity contribution < 1.29 is 14.3 Å². The summed E-state index contributed by atoms with van der Waals surface area (Å²) in [7, 11) is 0. The molecule has 0 saturated heterocycles. The zero-order chi connectivity index (χ0) is 21.5. The highest BCUT2D eigenvalue weighted by molar-refractivity contribution is 9.10. The normalized spacial score (nSPS) is 24.4. The Labute approximate surface area is 187 Å². The van der Waals surface area contributed by atoms with Gasteiger partial charge in [-0.1, -0.05) is 48.3 Å². The second-order valence-electron chi connectivity index (χ2n) is 9.65. The fourth-order valence-corrected chi connectivity index (χ4v) is 5.54. The van der Waals surface area contributed by atoms with Gasteiger partial charge >= 0.3 is 5.97 Å². The lowest BCUT2D eigenvalue weighted by Gasteiger charge is -2.39. The summed E-state index contributed by atoms with van der Waals surface area (Å²) in [5.74, 6) is -0.561. The van der Waals surface area contributed by atoms with E-state index in [1.165, 1.54) is 6.42 Å². The van der Waals surface area contributed by atoms with Crippen molar-refractivity contribution in [1.82, 2.24) is 5.32 Å². The van der Waals surface area contributed by atoms with Crippen LogP contribution in [-0.2, 0) is 14.3 Å². The average Bonchev–Trinajstić information content (AvgIpc) is 2.66. The molecule has 1 saturated carbocycles. The number of benzene rings is 1. The van der Waals surface area contributed by atoms with E-state index >= 15 is 0 Å². The van der Waals surface area contributed by atoms with E-state index < -0.39 is 5.92 Å². The summed E-state index contributed by atoms with van der Waals surface area (Å²) in [6.45, 7) is 6.17. The zero-order valence-electron chi connectivity index (χ0n) is 18.0. The SMILES string of the molecule is CC1=C(C(=O)OC2CCCCC2)[C@@H](c2cccc(Br)c2)C2=C(CC(C)(C)CC2=O)N1. The summed E-state index contributed by atoms with van der Waals surface area (Å²) in [5.41, 5.74) is 3.91. The number of dihydropyridines is 1. The van der Waals surface area contributed by atoms with Gasteiger partial charge in [0, 0.05) is 33.8 Å². The van der Waals surface area contributed by atoms with E-state index in [0.717, 1.165) is 59.1 Å². The second-order valence-corrected chi connectivity index (χ2v) is 10.6. The first-order valence-electron chi connectivity index (χ1n) is 11.0. The van der Waals surface area contributed by atoms with Gasteiger partial charge in [0.25, 0.3) is 0 Å². The Bertz CT molecular complexity index is 937. The van der Waals surface area contributed by atoms with Crippen LogP contribution in [0.3, 0.4) is 0 Å². The topological polar surface area (TPSA) is 55.4 Å². The fourth-order valence-electron chi connectivity index (χ4n) is 5.12. The molecule has 0 radical (unpaired) electrons. The lowest BCUT2D eigenvalue weighted by atomic mass is 9.68. The van der Waals surface area contributed by atoms with Crippen molar-refractivity contribution in [1.29, 1.82) is 0 Å². The Kier molecular flexibility index (Phi) is 5.93. The van der Waals surface area contributed by atoms with Gasteiger partial charge in [0.1, 0.15) is 6.10 Å². The molecule has 1 N–H and O–H groups in total. The molecule has 2 aliphatic carbocycles. The van der Waals surface area contributed by atoms with Crippen molar-refractivity contribution in [2.45, 2.75) is 77.7 Å². The first-order chi connectivity index (χ1) is 14.2. The summed E-state index contributed by atoms with van der Waals surface area (Å²) >= 11 is 3.55. The Morgan fingerprint density at radius 3 is 2.60 bits per heavy atom. The fraction of sp³-hybridized carbons (Fsp3) is 0.520. The Hall–Kier alpha value is -1.88. The maximum absolute atomic E-state index is 13.4. The van der Waals surface area contributed by atoms with Crippen molar-refractivity contribution >= 4 is 27.7 Å². The summed E-state index contributed by atoms with van der Waals surface area (Å²) in [4.78, 5) is 26.7. The van der Waals surface area contributed by atoms with Crippen LogP contribution >= 0.6 is 15.9 Å². The van der Waals surface area contributed by atoms with Gasteiger partial charge < -0.3 is 10.1 Å². The second kappa shape index (κ2) is 8.33. The molecular weight excluding hydrogens is 442 g/mol. The van der Waals surface area contributed by atoms with Crippen molar-refractivity contribution in [2.75, 3.05) is 0 Å². The minimum Gasteiger partial charge on any atom is -0.459 e. The van der Waals surface area contributed by atoms with Gasteiger partial charge in [0.2, 0.25) is 0 Å². The number of rotatable bonds is 3. The van der Waals surface area contributed by atoms with Crippen LogP contribution in [0, 0.1) is 5.41 Å². The standard InChI is InChI=1S/C25H30BrNO3/c1-15-21(24(29)30-18-10-5-4-6-11-18)22(16-8-7-9-17(26)12-16)23-19(27-15)13-25(2,3)14-20(23)28/h7-9,12,18,22,27H,4-6,10-11,13-14H2,1-3H3/t22-/m1/s1. The molecule has 1 aromatic rings. The molecule has 1 fully saturated rings. The number of carbonyl (C=O) groups excluding carboxylic acids is 2. The molecule has 5 heteroatoms. The number of nitrogens with one attached hydrogen (secondary N) is 1. The molecule has 0 bridgehead atoms. The van der Waals surface area contributed by atoms with Crippen LogP contribution in [-0.4, -0.2) is 17.9 Å². The van der Waals surface area contributed by atoms with E-state index in [9.17, 15) is 9.59 Å². The minimum absolute atomic E-state index is 0.0222. The van der Waals surface area contributed by atoms with Gasteiger partial charge in [-0.15, -0.1) is 0 Å². The summed E-state index contributed by atoms with van der Waals surface area (Å²) < 4.78 is 6.89. The number of ether oxygens (including phenoxy) is 1. The summed E-state index contributed by atoms with van der Waals surface area (Å²) in [6.07, 6.45) is 6.52. The molecule has 160 valence electrons. The average molecular weight is 472 g/mol. The van der Waals surface area contributed by atoms with Crippen molar-refractivity contribution in [3.05, 3.63) is 56.8 Å². The number of halogens is 1. The van der Waals surface area contributed by atoms with E-state index in [0.29, 0.717) is 12.0 Å². The predicted octanol–water partition coefficient (Wildman–Crippen LogP) is 5.93. The number of hydrogen-bond acceptors (Lipinski definition) is 4. The van der Waals surface area contributed by atoms with Gasteiger partial charge in [0.05, 0.1) is 5.57 Å². The predicted molar refractivity (Wildman–Crippen MR) is 121 cm³/mol. The van der Waals surface area contributed by atoms with E-state index in [-0.39, 0.29) is 23.3 Å². The number of allylic oxidation sites excluding steroid dienone is 3. The number of carbonyl (C=O) groups is 2. The highest BCUT2D eigenvalue weighted by Gasteiger charge is 2.43. The Balaban J connectivity index is 1.76. The Morgan fingerprint density at radius 2 is 1.90 bits per heavy atom. The van der Waals surface area contributed by atoms with Gasteiger partial charge in [0.15, 0.2) is 5.78 Å². The molecule has 4 rings (SSSR count). The minimum atomic E-state index is -0.390. The van der Waals surface area contributed by atoms with Gasteiger partial charge in [-0.05, 0) is 62.1 Å². The lowest BCUT2D eigenvalue weighted by Crippen LogP contribution is -2.39. The van der Waals surface area contributed by atoms with Crippen LogP contribution < -0.4 is 5.32 Å². The van der Waals surface area contributed by atoms with Crippen LogP contribution in [0.2, 0.25) is 0 Å². The molecule has 1 heterocycles. The third-order valence-corrected chi connectivity index (χ3v) is 6.96. The Morgan fingerprint density at radius 1 is 1.17 bits per heavy atom. The monoisotopic (exact) mass is 471 g/mol. The molecule has 0 aromatic heterocycles. The maximum Gasteiger partial charge on any atom is 0.337 e. The van der Waals surface area contributed by atoms with Crippen LogP contribution in [0.5, 0.6) is 0 Å². The molecule has 30 heavy (non-hydrogen) atoms. The van der Waals surface area contributed by atoms with Crippen LogP contribution in [0.4, 0.5) is 0 Å². The molecule has 1 aliphatic heterocycles. The van der Waals surface area contributed by atoms with E-state index in [2.05, 4.69) is 35.1 Å². The zero-order valence-corrected chi connectivity index (χ0v) is 19.6. The summed E-state index contributed by atoms with van der Waals surface area (Å²) in [6, 6.07) is 7.93. The molecule has 0 spiro atoms. The first kappa shape index (κ1) is 21.4. The molecule has 1 aromatic carbocycles. The molecule has 0 unspecified atom stereocenters. The number of ketones is 1. The third-order valence-electron chi connectivity index (χ3n) is 6.47. The number of hydrogen-bond donors (Lipinski definition) is 1. The highest BCUT2D eigenvalue weighted by Crippen LogP contribution is 2.47. The molecular formula is C25H30BrNO3. The molecule has 0 amide bonds. The van der Waals surface area contributed by atoms with Gasteiger partial charge in [-0.2, -0.15) is 0 Å². The maximum atomic E-state index is 13.4. The van der Waals surface area contributed by atoms with Gasteiger partial charge in [-0.25, -0.2) is 4.79 Å². The number of esters is 1. The van der Waals surface area contributed by atoms with Crippen LogP contribution in [0.1, 0.15) is 77.2 Å². The largest absolute Gasteiger partial charge is 0.459 e. The van der Waals surface area contributed by atoms with Gasteiger partial charge in [-0.3, -0.25) is 4.79 Å². The van der Waals surface area contributed by atoms with E-state index in [1.54, 1.807) is 0 Å². The molecule has 3 aliphatic rings. The quantitative estimate of drug-likeness (QED) is 0.555. The highest BCUT2D eigenvalue weighted by atomic mass is 79.9. The van der Waals surface area contributed by atoms with Crippen LogP contribution in [0.25, 0.3) is 0 Å². The summed E-state index contributed by atoms with van der Waals surface area (Å²) in [5, 5.41) is 3.41. The molecule has 1 atom stereocenters. The third kappa shape index (κ3) is 4.27. The van der Waals surface area contributed by atoms with E-state index in [1.807, 2.05) is 31.2 Å². The lowest BCUT2D eigenvalue weighted by molar-refractivity contribution is -0.146. The van der Waals surface area contributed by atoms with E-state index in [4.69, 9.17) is 4.74 Å². The first-order valence-corrected chi connectivity index (χ1v) is 11.7. The van der Waals surface area contributed by atoms with Crippen molar-refractivity contribution in [3.8, 4) is 0 Å². The van der Waals surface area contributed by atoms with Crippen LogP contribution in [0.15, 0.2) is 51.3 Å².